The Bertz CT molecular complexity index is 1140. The number of amides is 2. The highest BCUT2D eigenvalue weighted by Crippen LogP contribution is 2.49. The maximum Gasteiger partial charge on any atom is 0.309 e. The van der Waals surface area contributed by atoms with Gasteiger partial charge in [-0.1, -0.05) is 0 Å². The fraction of sp³-hybridized carbons (Fsp3) is 0.679. The Morgan fingerprint density at radius 3 is 2.28 bits per heavy atom. The molecule has 0 radical (unpaired) electrons. The van der Waals surface area contributed by atoms with Crippen LogP contribution in [0.5, 0.6) is 11.5 Å². The van der Waals surface area contributed by atoms with E-state index in [9.17, 15) is 32.7 Å². The Labute approximate surface area is 225 Å². The van der Waals surface area contributed by atoms with Crippen molar-refractivity contribution >= 4 is 17.8 Å². The van der Waals surface area contributed by atoms with Gasteiger partial charge in [-0.2, -0.15) is 0 Å². The van der Waals surface area contributed by atoms with Gasteiger partial charge in [-0.25, -0.2) is 13.2 Å². The molecule has 4 aliphatic rings. The van der Waals surface area contributed by atoms with Gasteiger partial charge in [-0.05, 0) is 69.8 Å². The minimum Gasteiger partial charge on any atom is -0.496 e. The van der Waals surface area contributed by atoms with E-state index in [1.54, 1.807) is 6.92 Å². The summed E-state index contributed by atoms with van der Waals surface area (Å²) in [6.45, 7) is 1.69. The van der Waals surface area contributed by atoms with Crippen molar-refractivity contribution in [3.05, 3.63) is 23.5 Å². The number of alkyl halides is 2. The Kier molecular flexibility index (Phi) is 7.22. The van der Waals surface area contributed by atoms with Gasteiger partial charge in [0.25, 0.3) is 11.8 Å². The van der Waals surface area contributed by atoms with Crippen molar-refractivity contribution in [3.8, 4) is 11.5 Å². The number of hydrogen-bond donors (Lipinski definition) is 3. The molecule has 4 atom stereocenters. The lowest BCUT2D eigenvalue weighted by molar-refractivity contribution is -0.150. The quantitative estimate of drug-likeness (QED) is 0.443. The first kappa shape index (κ1) is 27.6. The molecule has 8 nitrogen and oxygen atoms in total. The van der Waals surface area contributed by atoms with E-state index in [4.69, 9.17) is 9.47 Å². The molecule has 1 aromatic carbocycles. The van der Waals surface area contributed by atoms with Crippen LogP contribution in [-0.4, -0.2) is 54.1 Å². The first-order valence-electron chi connectivity index (χ1n) is 13.7. The molecule has 214 valence electrons. The molecule has 4 aliphatic carbocycles. The summed E-state index contributed by atoms with van der Waals surface area (Å²) in [5, 5.41) is 15.1. The lowest BCUT2D eigenvalue weighted by Crippen LogP contribution is -2.56. The van der Waals surface area contributed by atoms with Crippen molar-refractivity contribution in [2.24, 2.45) is 23.2 Å². The zero-order valence-electron chi connectivity index (χ0n) is 22.1. The molecule has 2 bridgehead atoms. The predicted octanol–water partition coefficient (Wildman–Crippen LogP) is 4.31. The third kappa shape index (κ3) is 5.41. The molecule has 0 saturated heterocycles. The smallest absolute Gasteiger partial charge is 0.309 e. The van der Waals surface area contributed by atoms with Gasteiger partial charge in [0.05, 0.1) is 30.1 Å². The van der Waals surface area contributed by atoms with E-state index in [1.165, 1.54) is 13.2 Å². The van der Waals surface area contributed by atoms with Crippen LogP contribution in [0.1, 0.15) is 75.1 Å². The number of carboxylic acids is 1. The molecule has 4 saturated carbocycles. The largest absolute Gasteiger partial charge is 0.496 e. The van der Waals surface area contributed by atoms with Crippen molar-refractivity contribution in [2.75, 3.05) is 7.11 Å². The van der Waals surface area contributed by atoms with Gasteiger partial charge in [0.15, 0.2) is 11.6 Å². The van der Waals surface area contributed by atoms with Crippen LogP contribution in [-0.2, 0) is 9.59 Å². The van der Waals surface area contributed by atoms with Crippen LogP contribution in [0, 0.1) is 29.0 Å². The third-order valence-corrected chi connectivity index (χ3v) is 9.30. The van der Waals surface area contributed by atoms with E-state index in [2.05, 4.69) is 10.6 Å². The highest BCUT2D eigenvalue weighted by Gasteiger charge is 2.53. The van der Waals surface area contributed by atoms with Gasteiger partial charge in [-0.15, -0.1) is 0 Å². The van der Waals surface area contributed by atoms with Crippen LogP contribution in [0.4, 0.5) is 13.2 Å². The number of halogens is 3. The maximum atomic E-state index is 14.9. The number of methoxy groups -OCH3 is 1. The Hall–Kier alpha value is -2.98. The minimum atomic E-state index is -2.74. The van der Waals surface area contributed by atoms with Gasteiger partial charge in [-0.3, -0.25) is 14.4 Å². The summed E-state index contributed by atoms with van der Waals surface area (Å²) < 4.78 is 52.6. The summed E-state index contributed by atoms with van der Waals surface area (Å²) in [7, 11) is 1.32. The molecule has 2 amide bonds. The zero-order valence-corrected chi connectivity index (χ0v) is 22.1. The van der Waals surface area contributed by atoms with Crippen LogP contribution < -0.4 is 20.1 Å². The summed E-state index contributed by atoms with van der Waals surface area (Å²) in [5.41, 5.74) is -0.785. The summed E-state index contributed by atoms with van der Waals surface area (Å²) in [4.78, 5) is 38.0. The predicted molar refractivity (Wildman–Crippen MR) is 133 cm³/mol. The summed E-state index contributed by atoms with van der Waals surface area (Å²) in [6.07, 6.45) is 2.99. The number of fused-ring (bicyclic) bond motifs is 2. The second kappa shape index (κ2) is 10.2. The number of ether oxygens (including phenoxy) is 2. The van der Waals surface area contributed by atoms with Crippen LogP contribution in [0.3, 0.4) is 0 Å². The van der Waals surface area contributed by atoms with Crippen LogP contribution >= 0.6 is 0 Å². The summed E-state index contributed by atoms with van der Waals surface area (Å²) in [5.74, 6) is -5.64. The molecule has 4 fully saturated rings. The first-order valence-corrected chi connectivity index (χ1v) is 13.7. The van der Waals surface area contributed by atoms with E-state index in [-0.39, 0.29) is 47.6 Å². The van der Waals surface area contributed by atoms with Gasteiger partial charge < -0.3 is 25.2 Å². The highest BCUT2D eigenvalue weighted by molar-refractivity contribution is 5.98. The summed E-state index contributed by atoms with van der Waals surface area (Å²) in [6, 6.07) is 1.33. The van der Waals surface area contributed by atoms with E-state index in [1.807, 2.05) is 0 Å². The molecule has 3 N–H and O–H groups in total. The molecule has 0 aliphatic heterocycles. The van der Waals surface area contributed by atoms with E-state index in [0.717, 1.165) is 25.3 Å². The Balaban J connectivity index is 1.28. The molecule has 0 heterocycles. The van der Waals surface area contributed by atoms with Crippen molar-refractivity contribution in [1.82, 2.24) is 10.6 Å². The van der Waals surface area contributed by atoms with Gasteiger partial charge in [0.2, 0.25) is 5.91 Å². The highest BCUT2D eigenvalue weighted by atomic mass is 19.3. The average molecular weight is 553 g/mol. The van der Waals surface area contributed by atoms with Crippen LogP contribution in [0.25, 0.3) is 0 Å². The number of carboxylic acid groups (broad SMARTS) is 1. The SMILES string of the molecule is COc1cc(F)c(OC2CCC(C)(C(=O)O)CC2)cc1C(=O)NC1C2CCC(C2)C1C(=O)NC1CC(F)(F)C1. The number of nitrogens with one attached hydrogen (secondary N) is 2. The molecule has 0 spiro atoms. The molecule has 39 heavy (non-hydrogen) atoms. The fourth-order valence-electron chi connectivity index (χ4n) is 6.88. The molecule has 4 unspecified atom stereocenters. The van der Waals surface area contributed by atoms with Crippen molar-refractivity contribution in [2.45, 2.75) is 88.8 Å². The second-order valence-corrected chi connectivity index (χ2v) is 12.0. The first-order chi connectivity index (χ1) is 18.4. The van der Waals surface area contributed by atoms with E-state index < -0.39 is 53.1 Å². The number of benzene rings is 1. The number of rotatable bonds is 8. The Morgan fingerprint density at radius 1 is 1.00 bits per heavy atom. The lowest BCUT2D eigenvalue weighted by atomic mass is 9.75. The lowest BCUT2D eigenvalue weighted by Gasteiger charge is -2.38. The van der Waals surface area contributed by atoms with E-state index >= 15 is 0 Å². The topological polar surface area (TPSA) is 114 Å². The normalized spacial score (nSPS) is 33.2. The van der Waals surface area contributed by atoms with Crippen LogP contribution in [0.15, 0.2) is 12.1 Å². The fourth-order valence-corrected chi connectivity index (χ4v) is 6.88. The van der Waals surface area contributed by atoms with Gasteiger partial charge in [0.1, 0.15) is 5.75 Å². The molecule has 1 aromatic rings. The molecule has 5 rings (SSSR count). The van der Waals surface area contributed by atoms with Gasteiger partial charge >= 0.3 is 5.97 Å². The molecule has 11 heteroatoms. The standard InChI is InChI=1S/C28H35F3N2O6/c1-27(26(36)37)7-5-17(6-8-27)39-21-10-18(20(38-2)11-19(21)29)24(34)33-23-15-4-3-14(9-15)22(23)25(35)32-16-12-28(30,31)13-16/h10-11,14-17,22-23H,3-9,12-13H2,1-2H3,(H,32,35)(H,33,34)(H,36,37). The zero-order chi connectivity index (χ0) is 28.1. The van der Waals surface area contributed by atoms with E-state index in [0.29, 0.717) is 25.7 Å². The third-order valence-electron chi connectivity index (χ3n) is 9.30. The monoisotopic (exact) mass is 552 g/mol. The number of aliphatic carboxylic acids is 1. The second-order valence-electron chi connectivity index (χ2n) is 12.0. The number of hydrogen-bond acceptors (Lipinski definition) is 5. The van der Waals surface area contributed by atoms with Crippen LogP contribution in [0.2, 0.25) is 0 Å². The molecular weight excluding hydrogens is 517 g/mol. The molecular formula is C28H35F3N2O6. The van der Waals surface area contributed by atoms with Crippen molar-refractivity contribution in [1.29, 1.82) is 0 Å². The van der Waals surface area contributed by atoms with Crippen molar-refractivity contribution in [3.63, 3.8) is 0 Å². The van der Waals surface area contributed by atoms with Gasteiger partial charge in [0, 0.05) is 31.0 Å². The number of carbonyl (C=O) groups excluding carboxylic acids is 2. The Morgan fingerprint density at radius 2 is 1.67 bits per heavy atom. The van der Waals surface area contributed by atoms with Crippen molar-refractivity contribution < 1.29 is 42.1 Å². The number of carbonyl (C=O) groups is 3. The maximum absolute atomic E-state index is 14.9. The summed E-state index contributed by atoms with van der Waals surface area (Å²) >= 11 is 0. The molecule has 0 aromatic heterocycles. The average Bonchev–Trinajstić information content (AvgIpc) is 3.47. The minimum absolute atomic E-state index is 0.0142.